The Labute approximate surface area is 123 Å². The van der Waals surface area contributed by atoms with E-state index in [1.807, 2.05) is 6.92 Å². The molecular formula is C16H18FN3O. The van der Waals surface area contributed by atoms with Crippen molar-refractivity contribution in [2.45, 2.75) is 20.3 Å². The molecule has 0 radical (unpaired) electrons. The number of carbonyl (C=O) groups is 1. The summed E-state index contributed by atoms with van der Waals surface area (Å²) < 4.78 is 13.1. The number of nitrogens with zero attached hydrogens (tertiary/aromatic N) is 1. The van der Waals surface area contributed by atoms with Gasteiger partial charge < -0.3 is 10.6 Å². The Hall–Kier alpha value is -2.43. The Morgan fingerprint density at radius 3 is 2.86 bits per heavy atom. The molecule has 0 aliphatic heterocycles. The number of hydrogen-bond acceptors (Lipinski definition) is 3. The smallest absolute Gasteiger partial charge is 0.259 e. The van der Waals surface area contributed by atoms with Gasteiger partial charge in [-0.15, -0.1) is 0 Å². The molecule has 1 aromatic heterocycles. The summed E-state index contributed by atoms with van der Waals surface area (Å²) in [7, 11) is 0. The summed E-state index contributed by atoms with van der Waals surface area (Å²) in [5.41, 5.74) is 1.73. The number of halogens is 1. The third-order valence-electron chi connectivity index (χ3n) is 3.03. The summed E-state index contributed by atoms with van der Waals surface area (Å²) >= 11 is 0. The quantitative estimate of drug-likeness (QED) is 0.883. The Morgan fingerprint density at radius 2 is 2.14 bits per heavy atom. The van der Waals surface area contributed by atoms with Gasteiger partial charge in [-0.1, -0.05) is 6.92 Å². The first kappa shape index (κ1) is 15.0. The molecule has 5 heteroatoms. The second kappa shape index (κ2) is 6.83. The molecule has 0 unspecified atom stereocenters. The van der Waals surface area contributed by atoms with Gasteiger partial charge in [0.15, 0.2) is 0 Å². The number of aromatic nitrogens is 1. The molecule has 0 aliphatic carbocycles. The highest BCUT2D eigenvalue weighted by Gasteiger charge is 2.13. The Morgan fingerprint density at radius 1 is 1.33 bits per heavy atom. The summed E-state index contributed by atoms with van der Waals surface area (Å²) in [5, 5.41) is 5.91. The van der Waals surface area contributed by atoms with Crippen molar-refractivity contribution >= 4 is 17.4 Å². The molecule has 21 heavy (non-hydrogen) atoms. The SMILES string of the molecule is CCCNc1ncccc1C(=O)Nc1ccc(F)cc1C. The van der Waals surface area contributed by atoms with E-state index < -0.39 is 0 Å². The van der Waals surface area contributed by atoms with Gasteiger partial charge in [0.2, 0.25) is 0 Å². The van der Waals surface area contributed by atoms with Crippen LogP contribution in [0.3, 0.4) is 0 Å². The van der Waals surface area contributed by atoms with E-state index in [2.05, 4.69) is 15.6 Å². The lowest BCUT2D eigenvalue weighted by Gasteiger charge is -2.12. The molecule has 2 N–H and O–H groups in total. The molecule has 4 nitrogen and oxygen atoms in total. The maximum atomic E-state index is 13.1. The lowest BCUT2D eigenvalue weighted by Crippen LogP contribution is -2.16. The predicted molar refractivity (Wildman–Crippen MR) is 82.1 cm³/mol. The number of hydrogen-bond donors (Lipinski definition) is 2. The number of rotatable bonds is 5. The van der Waals surface area contributed by atoms with Crippen molar-refractivity contribution in [1.82, 2.24) is 4.98 Å². The number of benzene rings is 1. The molecule has 1 heterocycles. The summed E-state index contributed by atoms with van der Waals surface area (Å²) in [5.74, 6) is -0.0368. The number of aryl methyl sites for hydroxylation is 1. The minimum Gasteiger partial charge on any atom is -0.369 e. The lowest BCUT2D eigenvalue weighted by atomic mass is 10.1. The van der Waals surface area contributed by atoms with Crippen LogP contribution in [0.5, 0.6) is 0 Å². The first-order valence-corrected chi connectivity index (χ1v) is 6.88. The van der Waals surface area contributed by atoms with Gasteiger partial charge in [0.25, 0.3) is 5.91 Å². The molecular weight excluding hydrogens is 269 g/mol. The van der Waals surface area contributed by atoms with Crippen molar-refractivity contribution in [1.29, 1.82) is 0 Å². The Bertz CT molecular complexity index is 643. The minimum absolute atomic E-state index is 0.267. The van der Waals surface area contributed by atoms with Gasteiger partial charge in [-0.05, 0) is 49.2 Å². The van der Waals surface area contributed by atoms with Crippen molar-refractivity contribution in [2.75, 3.05) is 17.2 Å². The van der Waals surface area contributed by atoms with Crippen LogP contribution in [0.2, 0.25) is 0 Å². The zero-order valence-corrected chi connectivity index (χ0v) is 12.1. The minimum atomic E-state index is -0.322. The van der Waals surface area contributed by atoms with Crippen LogP contribution in [0.15, 0.2) is 36.5 Å². The van der Waals surface area contributed by atoms with Gasteiger partial charge in [0.1, 0.15) is 11.6 Å². The van der Waals surface area contributed by atoms with Gasteiger partial charge in [-0.3, -0.25) is 4.79 Å². The molecule has 0 saturated carbocycles. The van der Waals surface area contributed by atoms with Crippen molar-refractivity contribution in [3.05, 3.63) is 53.5 Å². The Balaban J connectivity index is 2.20. The predicted octanol–water partition coefficient (Wildman–Crippen LogP) is 3.60. The molecule has 1 aromatic carbocycles. The van der Waals surface area contributed by atoms with Gasteiger partial charge >= 0.3 is 0 Å². The summed E-state index contributed by atoms with van der Waals surface area (Å²) in [6, 6.07) is 7.68. The van der Waals surface area contributed by atoms with Crippen LogP contribution >= 0.6 is 0 Å². The van der Waals surface area contributed by atoms with E-state index >= 15 is 0 Å². The molecule has 0 saturated heterocycles. The van der Waals surface area contributed by atoms with Crippen LogP contribution in [0, 0.1) is 12.7 Å². The third-order valence-corrected chi connectivity index (χ3v) is 3.03. The largest absolute Gasteiger partial charge is 0.369 e. The van der Waals surface area contributed by atoms with Gasteiger partial charge in [0.05, 0.1) is 5.56 Å². The average molecular weight is 287 g/mol. The summed E-state index contributed by atoms with van der Waals surface area (Å²) in [4.78, 5) is 16.5. The van der Waals surface area contributed by atoms with Gasteiger partial charge in [-0.25, -0.2) is 9.37 Å². The van der Waals surface area contributed by atoms with Gasteiger partial charge in [-0.2, -0.15) is 0 Å². The maximum Gasteiger partial charge on any atom is 0.259 e. The lowest BCUT2D eigenvalue weighted by molar-refractivity contribution is 0.102. The van der Waals surface area contributed by atoms with E-state index in [0.29, 0.717) is 22.6 Å². The molecule has 110 valence electrons. The van der Waals surface area contributed by atoms with E-state index in [1.165, 1.54) is 12.1 Å². The number of carbonyl (C=O) groups excluding carboxylic acids is 1. The van der Waals surface area contributed by atoms with Gasteiger partial charge in [0, 0.05) is 18.4 Å². The highest BCUT2D eigenvalue weighted by atomic mass is 19.1. The fourth-order valence-corrected chi connectivity index (χ4v) is 1.93. The Kier molecular flexibility index (Phi) is 4.87. The molecule has 2 rings (SSSR count). The second-order valence-corrected chi connectivity index (χ2v) is 4.74. The van der Waals surface area contributed by atoms with Crippen molar-refractivity contribution < 1.29 is 9.18 Å². The maximum absolute atomic E-state index is 13.1. The van der Waals surface area contributed by atoms with E-state index in [9.17, 15) is 9.18 Å². The molecule has 0 atom stereocenters. The van der Waals surface area contributed by atoms with Crippen LogP contribution in [0.1, 0.15) is 29.3 Å². The standard InChI is InChI=1S/C16H18FN3O/c1-3-8-18-15-13(5-4-9-19-15)16(21)20-14-7-6-12(17)10-11(14)2/h4-7,9-10H,3,8H2,1-2H3,(H,18,19)(H,20,21). The van der Waals surface area contributed by atoms with E-state index in [-0.39, 0.29) is 11.7 Å². The van der Waals surface area contributed by atoms with E-state index in [4.69, 9.17) is 0 Å². The van der Waals surface area contributed by atoms with Crippen molar-refractivity contribution in [3.63, 3.8) is 0 Å². The normalized spacial score (nSPS) is 10.2. The molecule has 0 bridgehead atoms. The van der Waals surface area contributed by atoms with Crippen molar-refractivity contribution in [3.8, 4) is 0 Å². The fraction of sp³-hybridized carbons (Fsp3) is 0.250. The molecule has 0 aliphatic rings. The first-order chi connectivity index (χ1) is 10.1. The van der Waals surface area contributed by atoms with Crippen LogP contribution in [-0.2, 0) is 0 Å². The molecule has 0 fully saturated rings. The van der Waals surface area contributed by atoms with Crippen LogP contribution < -0.4 is 10.6 Å². The van der Waals surface area contributed by atoms with Crippen molar-refractivity contribution in [2.24, 2.45) is 0 Å². The highest BCUT2D eigenvalue weighted by molar-refractivity contribution is 6.07. The second-order valence-electron chi connectivity index (χ2n) is 4.74. The number of pyridine rings is 1. The van der Waals surface area contributed by atoms with Crippen LogP contribution in [-0.4, -0.2) is 17.4 Å². The number of nitrogens with one attached hydrogen (secondary N) is 2. The van der Waals surface area contributed by atoms with Crippen LogP contribution in [0.4, 0.5) is 15.9 Å². The molecule has 2 aromatic rings. The zero-order valence-electron chi connectivity index (χ0n) is 12.1. The molecule has 1 amide bonds. The zero-order chi connectivity index (χ0) is 15.2. The van der Waals surface area contributed by atoms with Crippen LogP contribution in [0.25, 0.3) is 0 Å². The highest BCUT2D eigenvalue weighted by Crippen LogP contribution is 2.19. The third kappa shape index (κ3) is 3.78. The molecule has 0 spiro atoms. The monoisotopic (exact) mass is 287 g/mol. The summed E-state index contributed by atoms with van der Waals surface area (Å²) in [6.07, 6.45) is 2.58. The average Bonchev–Trinajstić information content (AvgIpc) is 2.48. The fourth-order valence-electron chi connectivity index (χ4n) is 1.93. The summed E-state index contributed by atoms with van der Waals surface area (Å²) in [6.45, 7) is 4.53. The van der Waals surface area contributed by atoms with E-state index in [1.54, 1.807) is 31.3 Å². The van der Waals surface area contributed by atoms with E-state index in [0.717, 1.165) is 13.0 Å². The number of anilines is 2. The topological polar surface area (TPSA) is 54.0 Å². The first-order valence-electron chi connectivity index (χ1n) is 6.88. The number of amides is 1.